The van der Waals surface area contributed by atoms with Crippen molar-refractivity contribution < 1.29 is 18.7 Å². The number of fused-ring (bicyclic) bond motifs is 1. The molecule has 0 spiro atoms. The van der Waals surface area contributed by atoms with E-state index in [1.807, 2.05) is 0 Å². The van der Waals surface area contributed by atoms with E-state index >= 15 is 0 Å². The van der Waals surface area contributed by atoms with E-state index in [0.29, 0.717) is 28.5 Å². The van der Waals surface area contributed by atoms with Gasteiger partial charge in [-0.2, -0.15) is 0 Å². The highest BCUT2D eigenvalue weighted by Crippen LogP contribution is 2.24. The summed E-state index contributed by atoms with van der Waals surface area (Å²) >= 11 is 0. The van der Waals surface area contributed by atoms with E-state index in [1.165, 1.54) is 34.7 Å². The minimum atomic E-state index is -0.401. The molecule has 0 bridgehead atoms. The molecule has 2 aromatic carbocycles. The number of carbonyl (C=O) groups excluding carboxylic acids is 1. The molecule has 2 heterocycles. The molecule has 2 aromatic heterocycles. The van der Waals surface area contributed by atoms with Gasteiger partial charge in [-0.1, -0.05) is 18.2 Å². The molecule has 0 fully saturated rings. The minimum absolute atomic E-state index is 0.0552. The fraction of sp³-hybridized carbons (Fsp3) is 0.0870. The summed E-state index contributed by atoms with van der Waals surface area (Å²) in [6, 6.07) is 19.0. The summed E-state index contributed by atoms with van der Waals surface area (Å²) in [6.45, 7) is -0.192. The molecule has 4 aromatic rings. The molecule has 0 aliphatic rings. The molecule has 0 unspecified atom stereocenters. The molecular weight excluding hydrogens is 401 g/mol. The Bertz CT molecular complexity index is 1270. The van der Waals surface area contributed by atoms with Crippen molar-refractivity contribution in [3.05, 3.63) is 101 Å². The van der Waals surface area contributed by atoms with Gasteiger partial charge in [-0.3, -0.25) is 14.0 Å². The van der Waals surface area contributed by atoms with Gasteiger partial charge < -0.3 is 14.8 Å². The molecular formula is C23H18FN3O4. The Morgan fingerprint density at radius 2 is 1.77 bits per heavy atom. The number of hydrogen-bond donors (Lipinski definition) is 1. The largest absolute Gasteiger partial charge is 0.485 e. The van der Waals surface area contributed by atoms with Crippen LogP contribution in [0.1, 0.15) is 5.69 Å². The van der Waals surface area contributed by atoms with Gasteiger partial charge in [0.15, 0.2) is 6.61 Å². The molecule has 0 saturated heterocycles. The zero-order valence-corrected chi connectivity index (χ0v) is 16.3. The normalized spacial score (nSPS) is 10.6. The summed E-state index contributed by atoms with van der Waals surface area (Å²) in [7, 11) is 0. The zero-order valence-electron chi connectivity index (χ0n) is 16.3. The lowest BCUT2D eigenvalue weighted by molar-refractivity contribution is -0.118. The number of carbonyl (C=O) groups is 1. The fourth-order valence-electron chi connectivity index (χ4n) is 2.89. The van der Waals surface area contributed by atoms with Gasteiger partial charge in [0.25, 0.3) is 11.5 Å². The molecule has 1 amide bonds. The summed E-state index contributed by atoms with van der Waals surface area (Å²) in [4.78, 5) is 28.9. The zero-order chi connectivity index (χ0) is 21.6. The van der Waals surface area contributed by atoms with Crippen molar-refractivity contribution in [2.45, 2.75) is 6.61 Å². The third kappa shape index (κ3) is 5.05. The lowest BCUT2D eigenvalue weighted by atomic mass is 10.3. The Kier molecular flexibility index (Phi) is 5.89. The molecule has 156 valence electrons. The molecule has 8 heteroatoms. The van der Waals surface area contributed by atoms with E-state index in [2.05, 4.69) is 10.3 Å². The van der Waals surface area contributed by atoms with Crippen LogP contribution in [0.25, 0.3) is 5.65 Å². The van der Waals surface area contributed by atoms with Gasteiger partial charge in [0.05, 0.1) is 11.4 Å². The van der Waals surface area contributed by atoms with Crippen LogP contribution < -0.4 is 20.3 Å². The number of halogens is 1. The fourth-order valence-corrected chi connectivity index (χ4v) is 2.89. The van der Waals surface area contributed by atoms with Crippen molar-refractivity contribution in [2.75, 3.05) is 11.9 Å². The number of nitrogens with one attached hydrogen (secondary N) is 1. The Balaban J connectivity index is 1.41. The summed E-state index contributed by atoms with van der Waals surface area (Å²) in [5.74, 6) is 0.0244. The first-order chi connectivity index (χ1) is 15.1. The number of benzene rings is 2. The van der Waals surface area contributed by atoms with Crippen molar-refractivity contribution in [1.82, 2.24) is 9.38 Å². The van der Waals surface area contributed by atoms with Gasteiger partial charge in [0.1, 0.15) is 29.6 Å². The summed E-state index contributed by atoms with van der Waals surface area (Å²) in [6.07, 6.45) is 1.65. The third-order valence-corrected chi connectivity index (χ3v) is 4.34. The first-order valence-electron chi connectivity index (χ1n) is 9.46. The Morgan fingerprint density at radius 3 is 2.61 bits per heavy atom. The average Bonchev–Trinajstić information content (AvgIpc) is 2.78. The van der Waals surface area contributed by atoms with Gasteiger partial charge in [-0.15, -0.1) is 0 Å². The monoisotopic (exact) mass is 419 g/mol. The molecule has 4 rings (SSSR count). The molecule has 0 radical (unpaired) electrons. The van der Waals surface area contributed by atoms with Crippen LogP contribution in [0.5, 0.6) is 11.5 Å². The maximum Gasteiger partial charge on any atom is 0.262 e. The molecule has 31 heavy (non-hydrogen) atoms. The van der Waals surface area contributed by atoms with Crippen LogP contribution in [0.4, 0.5) is 10.1 Å². The summed E-state index contributed by atoms with van der Waals surface area (Å²) < 4.78 is 25.5. The quantitative estimate of drug-likeness (QED) is 0.496. The van der Waals surface area contributed by atoms with Gasteiger partial charge in [-0.25, -0.2) is 9.37 Å². The van der Waals surface area contributed by atoms with Crippen LogP contribution in [-0.2, 0) is 11.4 Å². The number of pyridine rings is 1. The van der Waals surface area contributed by atoms with Gasteiger partial charge in [0, 0.05) is 12.3 Å². The number of hydrogen-bond acceptors (Lipinski definition) is 5. The van der Waals surface area contributed by atoms with Crippen molar-refractivity contribution in [2.24, 2.45) is 0 Å². The molecule has 0 atom stereocenters. The van der Waals surface area contributed by atoms with E-state index in [0.717, 1.165) is 0 Å². The van der Waals surface area contributed by atoms with Crippen molar-refractivity contribution in [3.63, 3.8) is 0 Å². The topological polar surface area (TPSA) is 81.9 Å². The van der Waals surface area contributed by atoms with Gasteiger partial charge >= 0.3 is 0 Å². The Labute approximate surface area is 176 Å². The maximum absolute atomic E-state index is 12.9. The van der Waals surface area contributed by atoms with E-state index in [1.54, 1.807) is 48.7 Å². The van der Waals surface area contributed by atoms with E-state index < -0.39 is 5.91 Å². The molecule has 7 nitrogen and oxygen atoms in total. The van der Waals surface area contributed by atoms with Crippen LogP contribution >= 0.6 is 0 Å². The predicted molar refractivity (Wildman–Crippen MR) is 113 cm³/mol. The lowest BCUT2D eigenvalue weighted by Crippen LogP contribution is -2.20. The third-order valence-electron chi connectivity index (χ3n) is 4.34. The first-order valence-corrected chi connectivity index (χ1v) is 9.46. The van der Waals surface area contributed by atoms with Crippen LogP contribution in [0.15, 0.2) is 83.8 Å². The van der Waals surface area contributed by atoms with Crippen LogP contribution in [0.2, 0.25) is 0 Å². The van der Waals surface area contributed by atoms with Crippen molar-refractivity contribution >= 4 is 17.2 Å². The van der Waals surface area contributed by atoms with Crippen LogP contribution in [0.3, 0.4) is 0 Å². The lowest BCUT2D eigenvalue weighted by Gasteiger charge is -2.13. The highest BCUT2D eigenvalue weighted by Gasteiger charge is 2.10. The Hall–Kier alpha value is -4.20. The average molecular weight is 419 g/mol. The minimum Gasteiger partial charge on any atom is -0.485 e. The second kappa shape index (κ2) is 9.08. The van der Waals surface area contributed by atoms with Crippen LogP contribution in [-0.4, -0.2) is 21.9 Å². The number of anilines is 1. The van der Waals surface area contributed by atoms with E-state index in [4.69, 9.17) is 9.47 Å². The van der Waals surface area contributed by atoms with Crippen molar-refractivity contribution in [1.29, 1.82) is 0 Å². The predicted octanol–water partition coefficient (Wildman–Crippen LogP) is 3.43. The van der Waals surface area contributed by atoms with E-state index in [9.17, 15) is 14.0 Å². The molecule has 1 N–H and O–H groups in total. The second-order valence-electron chi connectivity index (χ2n) is 6.59. The number of nitrogens with zero attached hydrogens (tertiary/aromatic N) is 2. The van der Waals surface area contributed by atoms with Gasteiger partial charge in [-0.05, 0) is 48.5 Å². The SMILES string of the molecule is O=C(COc1ccc(F)cc1)Nc1ccccc1OCc1cc(=O)n2ccccc2n1. The number of amides is 1. The number of aromatic nitrogens is 2. The number of ether oxygens (including phenoxy) is 2. The number of para-hydroxylation sites is 2. The molecule has 0 aliphatic heterocycles. The van der Waals surface area contributed by atoms with Crippen LogP contribution in [0, 0.1) is 5.82 Å². The van der Waals surface area contributed by atoms with E-state index in [-0.39, 0.29) is 24.6 Å². The standard InChI is InChI=1S/C23H18FN3O4/c24-16-8-10-18(11-9-16)30-15-22(28)26-19-5-1-2-6-20(19)31-14-17-13-23(29)27-12-4-3-7-21(27)25-17/h1-13H,14-15H2,(H,26,28). The highest BCUT2D eigenvalue weighted by atomic mass is 19.1. The molecule has 0 saturated carbocycles. The number of rotatable bonds is 7. The smallest absolute Gasteiger partial charge is 0.262 e. The first kappa shape index (κ1) is 20.1. The Morgan fingerprint density at radius 1 is 1.00 bits per heavy atom. The summed E-state index contributed by atoms with van der Waals surface area (Å²) in [5.41, 5.74) is 1.24. The second-order valence-corrected chi connectivity index (χ2v) is 6.59. The maximum atomic E-state index is 12.9. The van der Waals surface area contributed by atoms with Gasteiger partial charge in [0.2, 0.25) is 0 Å². The molecule has 0 aliphatic carbocycles. The highest BCUT2D eigenvalue weighted by molar-refractivity contribution is 5.93. The summed E-state index contributed by atoms with van der Waals surface area (Å²) in [5, 5.41) is 2.72. The van der Waals surface area contributed by atoms with Crippen molar-refractivity contribution in [3.8, 4) is 11.5 Å².